The predicted molar refractivity (Wildman–Crippen MR) is 172 cm³/mol. The molecule has 2 aliphatic rings. The molecule has 4 aromatic carbocycles. The van der Waals surface area contributed by atoms with E-state index in [1.54, 1.807) is 0 Å². The average Bonchev–Trinajstić information content (AvgIpc) is 3.35. The van der Waals surface area contributed by atoms with Crippen molar-refractivity contribution < 1.29 is 0 Å². The van der Waals surface area contributed by atoms with Gasteiger partial charge < -0.3 is 4.90 Å². The number of allylic oxidation sites excluding steroid dienone is 3. The van der Waals surface area contributed by atoms with E-state index in [9.17, 15) is 10.5 Å². The van der Waals surface area contributed by atoms with Crippen molar-refractivity contribution in [1.29, 1.82) is 10.5 Å². The Bertz CT molecular complexity index is 2090. The van der Waals surface area contributed by atoms with Gasteiger partial charge in [0.05, 0.1) is 17.1 Å². The van der Waals surface area contributed by atoms with E-state index in [-0.39, 0.29) is 16.8 Å². The summed E-state index contributed by atoms with van der Waals surface area (Å²) in [4.78, 5) is 11.3. The number of anilines is 2. The summed E-state index contributed by atoms with van der Waals surface area (Å²) in [6.07, 6.45) is 4.63. The second kappa shape index (κ2) is 9.65. The predicted octanol–water partition coefficient (Wildman–Crippen LogP) is 8.67. The molecule has 5 heteroatoms. The van der Waals surface area contributed by atoms with Crippen LogP contribution in [0, 0.1) is 22.7 Å². The molecule has 0 fully saturated rings. The summed E-state index contributed by atoms with van der Waals surface area (Å²) < 4.78 is 0. The molecule has 0 spiro atoms. The maximum Gasteiger partial charge on any atom is 0.177 e. The molecule has 0 saturated carbocycles. The molecule has 0 bridgehead atoms. The maximum absolute atomic E-state index is 9.51. The Morgan fingerprint density at radius 1 is 0.791 bits per heavy atom. The van der Waals surface area contributed by atoms with Crippen LogP contribution in [0.15, 0.2) is 115 Å². The highest BCUT2D eigenvalue weighted by Gasteiger charge is 2.36. The van der Waals surface area contributed by atoms with Gasteiger partial charge in [-0.2, -0.15) is 10.5 Å². The molecule has 0 unspecified atom stereocenters. The Morgan fingerprint density at radius 2 is 1.47 bits per heavy atom. The molecule has 0 N–H and O–H groups in total. The zero-order chi connectivity index (χ0) is 29.9. The Hall–Kier alpha value is -5.78. The van der Waals surface area contributed by atoms with Gasteiger partial charge in [0.1, 0.15) is 12.1 Å². The SMILES string of the molecule is C=CC1=C(C=C)C(C)(C)c2ccccc2N1c1ccc(Cc2ccc3c4c(cccc24)-c2nc(C#N)c(C#N)nc2-3)cc1. The van der Waals surface area contributed by atoms with Crippen molar-refractivity contribution in [1.82, 2.24) is 9.97 Å². The summed E-state index contributed by atoms with van der Waals surface area (Å²) in [6, 6.07) is 31.6. The van der Waals surface area contributed by atoms with Crippen molar-refractivity contribution in [3.05, 3.63) is 144 Å². The summed E-state index contributed by atoms with van der Waals surface area (Å²) in [5.41, 5.74) is 11.2. The third-order valence-corrected chi connectivity index (χ3v) is 8.74. The van der Waals surface area contributed by atoms with Gasteiger partial charge in [-0.3, -0.25) is 0 Å². The fraction of sp³-hybridized carbons (Fsp3) is 0.105. The molecule has 204 valence electrons. The molecule has 43 heavy (non-hydrogen) atoms. The molecular weight excluding hydrogens is 526 g/mol. The van der Waals surface area contributed by atoms with Crippen molar-refractivity contribution in [2.24, 2.45) is 0 Å². The quantitative estimate of drug-likeness (QED) is 0.213. The number of nitriles is 2. The van der Waals surface area contributed by atoms with Gasteiger partial charge in [0.15, 0.2) is 11.4 Å². The highest BCUT2D eigenvalue weighted by molar-refractivity contribution is 6.14. The first kappa shape index (κ1) is 26.1. The lowest BCUT2D eigenvalue weighted by molar-refractivity contribution is 0.621. The molecule has 7 rings (SSSR count). The molecule has 5 aromatic rings. The lowest BCUT2D eigenvalue weighted by Gasteiger charge is -2.42. The normalized spacial score (nSPS) is 14.1. The lowest BCUT2D eigenvalue weighted by Crippen LogP contribution is -2.33. The highest BCUT2D eigenvalue weighted by atomic mass is 15.2. The largest absolute Gasteiger partial charge is 0.310 e. The van der Waals surface area contributed by atoms with Crippen LogP contribution in [0.25, 0.3) is 33.3 Å². The van der Waals surface area contributed by atoms with E-state index in [0.29, 0.717) is 11.4 Å². The summed E-state index contributed by atoms with van der Waals surface area (Å²) >= 11 is 0. The maximum atomic E-state index is 9.51. The lowest BCUT2D eigenvalue weighted by atomic mass is 9.73. The second-order valence-electron chi connectivity index (χ2n) is 11.4. The molecule has 2 heterocycles. The Balaban J connectivity index is 1.28. The minimum Gasteiger partial charge on any atom is -0.310 e. The zero-order valence-electron chi connectivity index (χ0n) is 24.0. The molecular formula is C38H27N5. The van der Waals surface area contributed by atoms with E-state index in [4.69, 9.17) is 0 Å². The number of nitrogens with zero attached hydrogens (tertiary/aromatic N) is 5. The zero-order valence-corrected chi connectivity index (χ0v) is 24.0. The molecule has 0 atom stereocenters. The first-order valence-electron chi connectivity index (χ1n) is 14.2. The molecule has 1 aromatic heterocycles. The minimum atomic E-state index is -0.189. The minimum absolute atomic E-state index is 0.0564. The van der Waals surface area contributed by atoms with Crippen molar-refractivity contribution in [2.75, 3.05) is 4.90 Å². The molecule has 5 nitrogen and oxygen atoms in total. The van der Waals surface area contributed by atoms with Crippen molar-refractivity contribution in [2.45, 2.75) is 25.7 Å². The van der Waals surface area contributed by atoms with E-state index >= 15 is 0 Å². The van der Waals surface area contributed by atoms with Crippen LogP contribution < -0.4 is 4.90 Å². The van der Waals surface area contributed by atoms with Gasteiger partial charge in [0, 0.05) is 33.3 Å². The van der Waals surface area contributed by atoms with Crippen molar-refractivity contribution in [3.8, 4) is 34.7 Å². The van der Waals surface area contributed by atoms with Crippen LogP contribution in [0.2, 0.25) is 0 Å². The number of hydrogen-bond donors (Lipinski definition) is 0. The van der Waals surface area contributed by atoms with Crippen LogP contribution in [0.3, 0.4) is 0 Å². The van der Waals surface area contributed by atoms with Crippen LogP contribution in [0.1, 0.15) is 41.9 Å². The van der Waals surface area contributed by atoms with Crippen LogP contribution in [-0.4, -0.2) is 9.97 Å². The average molecular weight is 554 g/mol. The standard InChI is InChI=1S/C38H27N5/c1-5-29-33(6-2)43(34-13-8-7-12-30(34)38(29,3)4)25-17-14-23(15-18-25)20-24-16-19-28-35-26(24)10-9-11-27(35)36-37(28)42-32(22-40)31(21-39)41-36/h5-19H,1-2,20H2,3-4H3. The number of fused-ring (bicyclic) bond motifs is 4. The first-order chi connectivity index (χ1) is 20.9. The van der Waals surface area contributed by atoms with Crippen LogP contribution in [0.5, 0.6) is 0 Å². The second-order valence-corrected chi connectivity index (χ2v) is 11.4. The van der Waals surface area contributed by atoms with Crippen LogP contribution in [0.4, 0.5) is 11.4 Å². The Labute approximate surface area is 251 Å². The van der Waals surface area contributed by atoms with Gasteiger partial charge >= 0.3 is 0 Å². The summed E-state index contributed by atoms with van der Waals surface area (Å²) in [5.74, 6) is 0. The van der Waals surface area contributed by atoms with Gasteiger partial charge in [0.2, 0.25) is 0 Å². The first-order valence-corrected chi connectivity index (χ1v) is 14.2. The molecule has 0 amide bonds. The third kappa shape index (κ3) is 3.76. The molecule has 0 radical (unpaired) electrons. The van der Waals surface area contributed by atoms with Gasteiger partial charge in [0.25, 0.3) is 0 Å². The fourth-order valence-corrected chi connectivity index (χ4v) is 6.72. The molecule has 1 aliphatic carbocycles. The Kier molecular flexibility index (Phi) is 5.87. The number of aromatic nitrogens is 2. The summed E-state index contributed by atoms with van der Waals surface area (Å²) in [6.45, 7) is 12.8. The number of rotatable bonds is 5. The third-order valence-electron chi connectivity index (χ3n) is 8.74. The smallest absolute Gasteiger partial charge is 0.177 e. The number of benzene rings is 4. The van der Waals surface area contributed by atoms with Gasteiger partial charge in [-0.1, -0.05) is 93.7 Å². The van der Waals surface area contributed by atoms with Crippen LogP contribution in [-0.2, 0) is 11.8 Å². The number of hydrogen-bond acceptors (Lipinski definition) is 5. The van der Waals surface area contributed by atoms with E-state index in [2.05, 4.69) is 109 Å². The number of para-hydroxylation sites is 1. The van der Waals surface area contributed by atoms with Crippen LogP contribution >= 0.6 is 0 Å². The van der Waals surface area contributed by atoms with Crippen molar-refractivity contribution in [3.63, 3.8) is 0 Å². The topological polar surface area (TPSA) is 76.6 Å². The fourth-order valence-electron chi connectivity index (χ4n) is 6.72. The van der Waals surface area contributed by atoms with Gasteiger partial charge in [-0.05, 0) is 58.3 Å². The monoisotopic (exact) mass is 553 g/mol. The highest BCUT2D eigenvalue weighted by Crippen LogP contribution is 2.49. The van der Waals surface area contributed by atoms with Gasteiger partial charge in [-0.25, -0.2) is 9.97 Å². The Morgan fingerprint density at radius 3 is 2.12 bits per heavy atom. The summed E-state index contributed by atoms with van der Waals surface area (Å²) in [5, 5.41) is 21.2. The molecule has 1 aliphatic heterocycles. The van der Waals surface area contributed by atoms with E-state index < -0.39 is 0 Å². The van der Waals surface area contributed by atoms with E-state index in [0.717, 1.165) is 51.0 Å². The van der Waals surface area contributed by atoms with E-state index in [1.165, 1.54) is 16.7 Å². The van der Waals surface area contributed by atoms with E-state index in [1.807, 2.05) is 36.4 Å². The van der Waals surface area contributed by atoms with Crippen molar-refractivity contribution >= 4 is 22.1 Å². The van der Waals surface area contributed by atoms with Gasteiger partial charge in [-0.15, -0.1) is 0 Å². The summed E-state index contributed by atoms with van der Waals surface area (Å²) in [7, 11) is 0. The molecule has 0 saturated heterocycles.